The van der Waals surface area contributed by atoms with Crippen LogP contribution in [0.15, 0.2) is 15.4 Å². The number of methoxy groups -OCH3 is 1. The average molecular weight is 326 g/mol. The standard InChI is InChI=1S/C11H16F2N2O5S/c1-3-7-9(4-8(20-7)10(16)19-2)21(17,18)15-6-11(12,13)5-14/h4,15H,3,5-6,14H2,1-2H3. The van der Waals surface area contributed by atoms with Crippen molar-refractivity contribution in [3.05, 3.63) is 17.6 Å². The van der Waals surface area contributed by atoms with Crippen LogP contribution in [0, 0.1) is 0 Å². The fourth-order valence-corrected chi connectivity index (χ4v) is 2.74. The second-order valence-corrected chi connectivity index (χ2v) is 5.86. The number of rotatable bonds is 7. The highest BCUT2D eigenvalue weighted by Crippen LogP contribution is 2.22. The molecule has 21 heavy (non-hydrogen) atoms. The molecule has 0 aliphatic carbocycles. The number of nitrogens with one attached hydrogen (secondary N) is 1. The van der Waals surface area contributed by atoms with Crippen LogP contribution in [0.1, 0.15) is 23.2 Å². The minimum Gasteiger partial charge on any atom is -0.463 e. The van der Waals surface area contributed by atoms with Gasteiger partial charge in [-0.05, 0) is 0 Å². The Morgan fingerprint density at radius 1 is 1.52 bits per heavy atom. The normalized spacial score (nSPS) is 12.4. The number of sulfonamides is 1. The highest BCUT2D eigenvalue weighted by atomic mass is 32.2. The summed E-state index contributed by atoms with van der Waals surface area (Å²) >= 11 is 0. The minimum absolute atomic E-state index is 0.0287. The van der Waals surface area contributed by atoms with Gasteiger partial charge in [-0.2, -0.15) is 0 Å². The molecule has 0 saturated heterocycles. The summed E-state index contributed by atoms with van der Waals surface area (Å²) in [6.07, 6.45) is 0.153. The number of nitrogens with two attached hydrogens (primary N) is 1. The molecule has 0 aliphatic heterocycles. The smallest absolute Gasteiger partial charge is 0.373 e. The average Bonchev–Trinajstić information content (AvgIpc) is 2.89. The van der Waals surface area contributed by atoms with Gasteiger partial charge in [0, 0.05) is 12.5 Å². The molecule has 0 aliphatic rings. The van der Waals surface area contributed by atoms with Crippen molar-refractivity contribution in [3.8, 4) is 0 Å². The maximum atomic E-state index is 13.0. The number of hydrogen-bond donors (Lipinski definition) is 2. The van der Waals surface area contributed by atoms with Gasteiger partial charge in [0.25, 0.3) is 5.92 Å². The van der Waals surface area contributed by atoms with E-state index in [2.05, 4.69) is 4.74 Å². The number of carbonyl (C=O) groups excluding carboxylic acids is 1. The highest BCUT2D eigenvalue weighted by Gasteiger charge is 2.31. The van der Waals surface area contributed by atoms with Gasteiger partial charge in [0.1, 0.15) is 10.7 Å². The number of furan rings is 1. The monoisotopic (exact) mass is 326 g/mol. The molecule has 1 aromatic heterocycles. The molecule has 1 heterocycles. The van der Waals surface area contributed by atoms with Gasteiger partial charge in [-0.1, -0.05) is 6.92 Å². The number of esters is 1. The molecule has 0 bridgehead atoms. The lowest BCUT2D eigenvalue weighted by molar-refractivity contribution is 0.0170. The summed E-state index contributed by atoms with van der Waals surface area (Å²) in [5.41, 5.74) is 4.83. The maximum Gasteiger partial charge on any atom is 0.373 e. The first kappa shape index (κ1) is 17.5. The molecular weight excluding hydrogens is 310 g/mol. The second-order valence-electron chi connectivity index (χ2n) is 4.13. The summed E-state index contributed by atoms with van der Waals surface area (Å²) in [7, 11) is -3.15. The van der Waals surface area contributed by atoms with Gasteiger partial charge in [-0.25, -0.2) is 26.7 Å². The molecule has 0 saturated carbocycles. The van der Waals surface area contributed by atoms with Crippen molar-refractivity contribution in [2.24, 2.45) is 5.73 Å². The van der Waals surface area contributed by atoms with Gasteiger partial charge in [0.2, 0.25) is 15.8 Å². The summed E-state index contributed by atoms with van der Waals surface area (Å²) < 4.78 is 61.2. The zero-order valence-corrected chi connectivity index (χ0v) is 12.3. The molecule has 7 nitrogen and oxygen atoms in total. The van der Waals surface area contributed by atoms with Gasteiger partial charge in [-0.15, -0.1) is 0 Å². The molecule has 10 heteroatoms. The van der Waals surface area contributed by atoms with Crippen molar-refractivity contribution in [1.29, 1.82) is 0 Å². The number of aryl methyl sites for hydroxylation is 1. The Labute approximate surface area is 120 Å². The predicted octanol–water partition coefficient (Wildman–Crippen LogP) is 0.501. The molecule has 120 valence electrons. The van der Waals surface area contributed by atoms with E-state index in [0.29, 0.717) is 0 Å². The van der Waals surface area contributed by atoms with Crippen LogP contribution >= 0.6 is 0 Å². The summed E-state index contributed by atoms with van der Waals surface area (Å²) in [5, 5.41) is 0. The van der Waals surface area contributed by atoms with Crippen LogP contribution in [0.25, 0.3) is 0 Å². The molecule has 0 atom stereocenters. The van der Waals surface area contributed by atoms with Gasteiger partial charge in [-0.3, -0.25) is 0 Å². The highest BCUT2D eigenvalue weighted by molar-refractivity contribution is 7.89. The van der Waals surface area contributed by atoms with Crippen LogP contribution < -0.4 is 10.5 Å². The van der Waals surface area contributed by atoms with Crippen LogP contribution in [0.3, 0.4) is 0 Å². The Morgan fingerprint density at radius 2 is 2.14 bits per heavy atom. The Balaban J connectivity index is 3.08. The van der Waals surface area contributed by atoms with Crippen molar-refractivity contribution >= 4 is 16.0 Å². The lowest BCUT2D eigenvalue weighted by Gasteiger charge is -2.14. The van der Waals surface area contributed by atoms with Crippen LogP contribution in [0.2, 0.25) is 0 Å². The van der Waals surface area contributed by atoms with Crippen molar-refractivity contribution in [2.75, 3.05) is 20.2 Å². The van der Waals surface area contributed by atoms with Crippen molar-refractivity contribution < 1.29 is 31.1 Å². The molecule has 3 N–H and O–H groups in total. The van der Waals surface area contributed by atoms with E-state index in [-0.39, 0.29) is 22.8 Å². The molecule has 0 unspecified atom stereocenters. The number of alkyl halides is 2. The number of ether oxygens (including phenoxy) is 1. The molecular formula is C11H16F2N2O5S. The Bertz CT molecular complexity index is 612. The predicted molar refractivity (Wildman–Crippen MR) is 68.6 cm³/mol. The Kier molecular flexibility index (Phi) is 5.42. The van der Waals surface area contributed by atoms with Crippen molar-refractivity contribution in [3.63, 3.8) is 0 Å². The Hall–Kier alpha value is -1.52. The molecule has 0 fully saturated rings. The van der Waals surface area contributed by atoms with E-state index in [0.717, 1.165) is 13.2 Å². The third kappa shape index (κ3) is 4.22. The van der Waals surface area contributed by atoms with Gasteiger partial charge >= 0.3 is 5.97 Å². The first-order valence-corrected chi connectivity index (χ1v) is 7.43. The first-order chi connectivity index (χ1) is 9.66. The summed E-state index contributed by atoms with van der Waals surface area (Å²) in [5.74, 6) is -4.58. The summed E-state index contributed by atoms with van der Waals surface area (Å²) in [6.45, 7) is -0.546. The van der Waals surface area contributed by atoms with Crippen molar-refractivity contribution in [2.45, 2.75) is 24.2 Å². The fraction of sp³-hybridized carbons (Fsp3) is 0.545. The van der Waals surface area contributed by atoms with E-state index in [9.17, 15) is 22.0 Å². The summed E-state index contributed by atoms with van der Waals surface area (Å²) in [4.78, 5) is 10.9. The van der Waals surface area contributed by atoms with Crippen LogP contribution in [-0.4, -0.2) is 40.5 Å². The number of halogens is 2. The molecule has 0 radical (unpaired) electrons. The molecule has 1 rings (SSSR count). The maximum absolute atomic E-state index is 13.0. The van der Waals surface area contributed by atoms with E-state index < -0.39 is 35.0 Å². The van der Waals surface area contributed by atoms with E-state index in [4.69, 9.17) is 10.2 Å². The largest absolute Gasteiger partial charge is 0.463 e. The molecule has 1 aromatic rings. The zero-order valence-electron chi connectivity index (χ0n) is 11.5. The fourth-order valence-electron chi connectivity index (χ4n) is 1.44. The number of carbonyl (C=O) groups is 1. The van der Waals surface area contributed by atoms with Gasteiger partial charge in [0.05, 0.1) is 20.2 Å². The van der Waals surface area contributed by atoms with Gasteiger partial charge in [0.15, 0.2) is 0 Å². The summed E-state index contributed by atoms with van der Waals surface area (Å²) in [6, 6.07) is 0.938. The van der Waals surface area contributed by atoms with E-state index >= 15 is 0 Å². The SMILES string of the molecule is CCc1oc(C(=O)OC)cc1S(=O)(=O)NCC(F)(F)CN. The van der Waals surface area contributed by atoms with E-state index in [1.807, 2.05) is 0 Å². The van der Waals surface area contributed by atoms with Crippen LogP contribution in [0.5, 0.6) is 0 Å². The lowest BCUT2D eigenvalue weighted by Crippen LogP contribution is -2.41. The third-order valence-corrected chi connectivity index (χ3v) is 4.04. The van der Waals surface area contributed by atoms with E-state index in [1.165, 1.54) is 0 Å². The van der Waals surface area contributed by atoms with Crippen LogP contribution in [-0.2, 0) is 21.2 Å². The lowest BCUT2D eigenvalue weighted by atomic mass is 10.3. The van der Waals surface area contributed by atoms with Crippen molar-refractivity contribution in [1.82, 2.24) is 4.72 Å². The van der Waals surface area contributed by atoms with Gasteiger partial charge < -0.3 is 14.9 Å². The first-order valence-electron chi connectivity index (χ1n) is 5.95. The topological polar surface area (TPSA) is 112 Å². The quantitative estimate of drug-likeness (QED) is 0.706. The molecule has 0 amide bonds. The number of hydrogen-bond acceptors (Lipinski definition) is 6. The minimum atomic E-state index is -4.25. The third-order valence-electron chi connectivity index (χ3n) is 2.59. The second kappa shape index (κ2) is 6.50. The van der Waals surface area contributed by atoms with Crippen LogP contribution in [0.4, 0.5) is 8.78 Å². The molecule has 0 spiro atoms. The molecule has 0 aromatic carbocycles. The zero-order chi connectivity index (χ0) is 16.3. The van der Waals surface area contributed by atoms with E-state index in [1.54, 1.807) is 11.6 Å². The Morgan fingerprint density at radius 3 is 2.62 bits per heavy atom.